The number of carboxylic acid groups (broad SMARTS) is 1. The molecule has 1 aromatic heterocycles. The summed E-state index contributed by atoms with van der Waals surface area (Å²) in [4.78, 5) is 27.1. The van der Waals surface area contributed by atoms with Crippen LogP contribution in [0.25, 0.3) is 0 Å². The summed E-state index contributed by atoms with van der Waals surface area (Å²) < 4.78 is 39.1. The van der Waals surface area contributed by atoms with E-state index in [1.54, 1.807) is 0 Å². The molecule has 0 bridgehead atoms. The second-order valence-corrected chi connectivity index (χ2v) is 6.81. The lowest BCUT2D eigenvalue weighted by Gasteiger charge is -2.27. The normalized spacial score (nSPS) is 24.0. The van der Waals surface area contributed by atoms with Gasteiger partial charge in [0.1, 0.15) is 5.69 Å². The van der Waals surface area contributed by atoms with Crippen molar-refractivity contribution in [1.29, 1.82) is 0 Å². The monoisotopic (exact) mass is 356 g/mol. The van der Waals surface area contributed by atoms with Crippen molar-refractivity contribution in [3.05, 3.63) is 29.1 Å². The fourth-order valence-corrected chi connectivity index (χ4v) is 3.23. The maximum absolute atomic E-state index is 13.0. The van der Waals surface area contributed by atoms with Crippen LogP contribution in [0, 0.1) is 5.92 Å². The number of carbonyl (C=O) groups is 2. The van der Waals surface area contributed by atoms with Gasteiger partial charge in [0, 0.05) is 23.2 Å². The van der Waals surface area contributed by atoms with E-state index in [0.29, 0.717) is 31.4 Å². The van der Waals surface area contributed by atoms with Crippen LogP contribution in [0.2, 0.25) is 0 Å². The van der Waals surface area contributed by atoms with Gasteiger partial charge >= 0.3 is 12.1 Å². The van der Waals surface area contributed by atoms with E-state index in [-0.39, 0.29) is 17.5 Å². The molecule has 2 N–H and O–H groups in total. The molecule has 0 aromatic carbocycles. The van der Waals surface area contributed by atoms with Crippen LogP contribution in [0.1, 0.15) is 66.2 Å². The maximum Gasteiger partial charge on any atom is 0.433 e. The summed E-state index contributed by atoms with van der Waals surface area (Å²) in [6.07, 6.45) is -0.911. The fourth-order valence-electron chi connectivity index (χ4n) is 3.23. The van der Waals surface area contributed by atoms with Crippen molar-refractivity contribution >= 4 is 11.9 Å². The van der Waals surface area contributed by atoms with E-state index in [1.165, 1.54) is 6.07 Å². The average molecular weight is 356 g/mol. The molecule has 1 amide bonds. The molecule has 2 atom stereocenters. The molecule has 0 spiro atoms. The molecule has 1 heterocycles. The highest BCUT2D eigenvalue weighted by atomic mass is 19.4. The highest BCUT2D eigenvalue weighted by molar-refractivity contribution is 5.94. The number of pyridine rings is 1. The van der Waals surface area contributed by atoms with Crippen molar-refractivity contribution in [2.45, 2.75) is 56.7 Å². The number of hydrogen-bond donors (Lipinski definition) is 2. The van der Waals surface area contributed by atoms with Crippen molar-refractivity contribution in [3.63, 3.8) is 0 Å². The van der Waals surface area contributed by atoms with Gasteiger partial charge in [-0.3, -0.25) is 9.59 Å². The lowest BCUT2D eigenvalue weighted by Crippen LogP contribution is -2.40. The third-order valence-electron chi connectivity index (χ3n) is 4.75. The van der Waals surface area contributed by atoms with Crippen molar-refractivity contribution in [1.82, 2.24) is 10.3 Å². The first-order valence-electron chi connectivity index (χ1n) is 8.37. The van der Waals surface area contributed by atoms with Crippen LogP contribution >= 0.6 is 0 Å². The molecule has 8 heteroatoms. The number of amides is 1. The smallest absolute Gasteiger partial charge is 0.433 e. The quantitative estimate of drug-likeness (QED) is 0.867. The number of rotatable bonds is 4. The molecule has 0 saturated heterocycles. The Morgan fingerprint density at radius 1 is 1.16 bits per heavy atom. The second kappa shape index (κ2) is 6.65. The van der Waals surface area contributed by atoms with Crippen LogP contribution in [-0.2, 0) is 11.0 Å². The lowest BCUT2D eigenvalue weighted by molar-refractivity contribution is -0.143. The summed E-state index contributed by atoms with van der Waals surface area (Å²) in [7, 11) is 0. The van der Waals surface area contributed by atoms with Crippen LogP contribution in [0.4, 0.5) is 13.2 Å². The van der Waals surface area contributed by atoms with E-state index >= 15 is 0 Å². The number of hydrogen-bond acceptors (Lipinski definition) is 3. The van der Waals surface area contributed by atoms with Gasteiger partial charge in [-0.15, -0.1) is 0 Å². The molecule has 2 saturated carbocycles. The maximum atomic E-state index is 13.0. The van der Waals surface area contributed by atoms with Crippen molar-refractivity contribution in [2.24, 2.45) is 5.92 Å². The first kappa shape index (κ1) is 17.7. The SMILES string of the molecule is O=C(NC1CCCC(C(=O)O)C1)c1cc(C2CC2)nc(C(F)(F)F)c1. The first-order valence-corrected chi connectivity index (χ1v) is 8.37. The molecule has 0 radical (unpaired) electrons. The number of halogens is 3. The summed E-state index contributed by atoms with van der Waals surface area (Å²) in [5.41, 5.74) is -0.831. The van der Waals surface area contributed by atoms with Gasteiger partial charge in [-0.2, -0.15) is 13.2 Å². The van der Waals surface area contributed by atoms with Crippen LogP contribution in [0.5, 0.6) is 0 Å². The van der Waals surface area contributed by atoms with Gasteiger partial charge in [-0.1, -0.05) is 6.42 Å². The third-order valence-corrected chi connectivity index (χ3v) is 4.75. The largest absolute Gasteiger partial charge is 0.481 e. The third kappa shape index (κ3) is 4.29. The highest BCUT2D eigenvalue weighted by Gasteiger charge is 2.36. The van der Waals surface area contributed by atoms with Gasteiger partial charge in [-0.25, -0.2) is 4.98 Å². The Hall–Kier alpha value is -2.12. The molecule has 2 aliphatic carbocycles. The second-order valence-electron chi connectivity index (χ2n) is 6.81. The minimum atomic E-state index is -4.61. The molecule has 0 aliphatic heterocycles. The Labute approximate surface area is 142 Å². The molecular weight excluding hydrogens is 337 g/mol. The molecule has 1 aromatic rings. The molecule has 2 aliphatic rings. The Bertz CT molecular complexity index is 686. The molecule has 3 rings (SSSR count). The zero-order valence-electron chi connectivity index (χ0n) is 13.5. The minimum Gasteiger partial charge on any atom is -0.481 e. The van der Waals surface area contributed by atoms with Crippen molar-refractivity contribution in [2.75, 3.05) is 0 Å². The molecule has 136 valence electrons. The summed E-state index contributed by atoms with van der Waals surface area (Å²) in [5, 5.41) is 11.8. The fraction of sp³-hybridized carbons (Fsp3) is 0.588. The number of carboxylic acids is 1. The van der Waals surface area contributed by atoms with Crippen LogP contribution in [0.3, 0.4) is 0 Å². The summed E-state index contributed by atoms with van der Waals surface area (Å²) in [6.45, 7) is 0. The predicted molar refractivity (Wildman–Crippen MR) is 82.1 cm³/mol. The Morgan fingerprint density at radius 2 is 1.88 bits per heavy atom. The number of aromatic nitrogens is 1. The van der Waals surface area contributed by atoms with Crippen LogP contribution < -0.4 is 5.32 Å². The zero-order valence-corrected chi connectivity index (χ0v) is 13.5. The Kier molecular flexibility index (Phi) is 4.71. The topological polar surface area (TPSA) is 79.3 Å². The highest BCUT2D eigenvalue weighted by Crippen LogP contribution is 2.40. The zero-order chi connectivity index (χ0) is 18.2. The van der Waals surface area contributed by atoms with E-state index in [4.69, 9.17) is 5.11 Å². The van der Waals surface area contributed by atoms with Gasteiger partial charge in [0.15, 0.2) is 0 Å². The molecule has 5 nitrogen and oxygen atoms in total. The average Bonchev–Trinajstić information content (AvgIpc) is 3.38. The predicted octanol–water partition coefficient (Wildman–Crippen LogP) is 3.35. The Morgan fingerprint density at radius 3 is 2.48 bits per heavy atom. The summed E-state index contributed by atoms with van der Waals surface area (Å²) in [6, 6.07) is 1.84. The number of nitrogens with one attached hydrogen (secondary N) is 1. The number of aliphatic carboxylic acids is 1. The van der Waals surface area contributed by atoms with E-state index < -0.39 is 29.7 Å². The summed E-state index contributed by atoms with van der Waals surface area (Å²) in [5.74, 6) is -2.05. The van der Waals surface area contributed by atoms with E-state index in [0.717, 1.165) is 18.9 Å². The number of carbonyl (C=O) groups excluding carboxylic acids is 1. The summed E-state index contributed by atoms with van der Waals surface area (Å²) >= 11 is 0. The first-order chi connectivity index (χ1) is 11.7. The lowest BCUT2D eigenvalue weighted by atomic mass is 9.85. The van der Waals surface area contributed by atoms with Crippen molar-refractivity contribution < 1.29 is 27.9 Å². The molecule has 2 fully saturated rings. The molecular formula is C17H19F3N2O3. The van der Waals surface area contributed by atoms with Gasteiger partial charge in [0.25, 0.3) is 5.91 Å². The Balaban J connectivity index is 1.77. The van der Waals surface area contributed by atoms with Gasteiger partial charge < -0.3 is 10.4 Å². The van der Waals surface area contributed by atoms with Crippen LogP contribution in [-0.4, -0.2) is 28.0 Å². The van der Waals surface area contributed by atoms with Gasteiger partial charge in [-0.05, 0) is 44.2 Å². The van der Waals surface area contributed by atoms with Crippen molar-refractivity contribution in [3.8, 4) is 0 Å². The van der Waals surface area contributed by atoms with E-state index in [9.17, 15) is 22.8 Å². The van der Waals surface area contributed by atoms with E-state index in [2.05, 4.69) is 10.3 Å². The molecule has 2 unspecified atom stereocenters. The minimum absolute atomic E-state index is 0.0140. The standard InChI is InChI=1S/C17H19F3N2O3/c18-17(19,20)14-8-11(7-13(22-14)9-4-5-9)15(23)21-12-3-1-2-10(6-12)16(24)25/h7-10,12H,1-6H2,(H,21,23)(H,24,25). The molecule has 25 heavy (non-hydrogen) atoms. The van der Waals surface area contributed by atoms with Gasteiger partial charge in [0.2, 0.25) is 0 Å². The number of nitrogens with zero attached hydrogens (tertiary/aromatic N) is 1. The van der Waals surface area contributed by atoms with Gasteiger partial charge in [0.05, 0.1) is 5.92 Å². The van der Waals surface area contributed by atoms with Crippen LogP contribution in [0.15, 0.2) is 12.1 Å². The number of alkyl halides is 3. The van der Waals surface area contributed by atoms with E-state index in [1.807, 2.05) is 0 Å².